The second-order valence-corrected chi connectivity index (χ2v) is 24.2. The van der Waals surface area contributed by atoms with Crippen LogP contribution in [0.25, 0.3) is 0 Å². The molecule has 0 bridgehead atoms. The van der Waals surface area contributed by atoms with Gasteiger partial charge in [-0.25, -0.2) is 0 Å². The number of ether oxygens (including phenoxy) is 1. The SMILES string of the molecule is CCCCCCCCCCCCCCCCCCCCCCCC/C=C/C(O)C(CO)NC(=O)CCCCCCCCCCCCCCCCCCCCOC(=O)CCCCCCCCCCCCCCCCCCC. The third kappa shape index (κ3) is 61.8. The van der Waals surface area contributed by atoms with Crippen molar-refractivity contribution in [2.24, 2.45) is 0 Å². The molecule has 452 valence electrons. The maximum absolute atomic E-state index is 12.5. The maximum Gasteiger partial charge on any atom is 0.305 e. The summed E-state index contributed by atoms with van der Waals surface area (Å²) in [4.78, 5) is 24.6. The summed E-state index contributed by atoms with van der Waals surface area (Å²) in [5.74, 6) is -0.0550. The van der Waals surface area contributed by atoms with Gasteiger partial charge in [0.05, 0.1) is 25.4 Å². The maximum atomic E-state index is 12.5. The Balaban J connectivity index is 3.41. The molecule has 0 radical (unpaired) electrons. The summed E-state index contributed by atoms with van der Waals surface area (Å²) in [6.45, 7) is 4.94. The Kier molecular flexibility index (Phi) is 64.9. The molecule has 1 amide bonds. The lowest BCUT2D eigenvalue weighted by atomic mass is 10.0. The van der Waals surface area contributed by atoms with E-state index < -0.39 is 12.1 Å². The molecule has 0 heterocycles. The molecule has 76 heavy (non-hydrogen) atoms. The van der Waals surface area contributed by atoms with Crippen LogP contribution >= 0.6 is 0 Å². The first-order valence-corrected chi connectivity index (χ1v) is 35.0. The Labute approximate surface area is 476 Å². The number of esters is 1. The number of carbonyl (C=O) groups is 2. The fraction of sp³-hybridized carbons (Fsp3) is 0.943. The summed E-state index contributed by atoms with van der Waals surface area (Å²) < 4.78 is 5.50. The summed E-state index contributed by atoms with van der Waals surface area (Å²) in [5, 5.41) is 23.3. The van der Waals surface area contributed by atoms with Crippen molar-refractivity contribution in [3.05, 3.63) is 12.2 Å². The number of rotatable bonds is 66. The van der Waals surface area contributed by atoms with Crippen LogP contribution in [0.15, 0.2) is 12.2 Å². The molecule has 0 aliphatic carbocycles. The van der Waals surface area contributed by atoms with E-state index in [0.29, 0.717) is 19.4 Å². The lowest BCUT2D eigenvalue weighted by Crippen LogP contribution is -2.45. The molecular weight excluding hydrogens is 935 g/mol. The summed E-state index contributed by atoms with van der Waals surface area (Å²) in [6, 6.07) is -0.632. The lowest BCUT2D eigenvalue weighted by Gasteiger charge is -2.20. The first kappa shape index (κ1) is 74.6. The van der Waals surface area contributed by atoms with Crippen LogP contribution in [-0.4, -0.2) is 47.4 Å². The smallest absolute Gasteiger partial charge is 0.305 e. The number of amides is 1. The number of unbranched alkanes of at least 4 members (excludes halogenated alkanes) is 55. The van der Waals surface area contributed by atoms with Gasteiger partial charge < -0.3 is 20.3 Å². The van der Waals surface area contributed by atoms with Crippen molar-refractivity contribution < 1.29 is 24.5 Å². The van der Waals surface area contributed by atoms with E-state index in [1.54, 1.807) is 6.08 Å². The normalized spacial score (nSPS) is 12.5. The van der Waals surface area contributed by atoms with Crippen LogP contribution in [0.3, 0.4) is 0 Å². The number of aliphatic hydroxyl groups is 2. The largest absolute Gasteiger partial charge is 0.466 e. The Morgan fingerprint density at radius 1 is 0.355 bits per heavy atom. The second-order valence-electron chi connectivity index (χ2n) is 24.2. The second kappa shape index (κ2) is 66.1. The number of aliphatic hydroxyl groups excluding tert-OH is 2. The third-order valence-corrected chi connectivity index (χ3v) is 16.6. The van der Waals surface area contributed by atoms with E-state index in [-0.39, 0.29) is 18.5 Å². The molecule has 6 heteroatoms. The van der Waals surface area contributed by atoms with Gasteiger partial charge in [0.1, 0.15) is 0 Å². The monoisotopic (exact) mass is 1070 g/mol. The van der Waals surface area contributed by atoms with E-state index in [0.717, 1.165) is 38.5 Å². The van der Waals surface area contributed by atoms with Gasteiger partial charge in [0.15, 0.2) is 0 Å². The first-order chi connectivity index (χ1) is 37.5. The molecule has 2 unspecified atom stereocenters. The summed E-state index contributed by atoms with van der Waals surface area (Å²) in [5.41, 5.74) is 0. The predicted octanol–water partition coefficient (Wildman–Crippen LogP) is 22.4. The van der Waals surface area contributed by atoms with E-state index in [2.05, 4.69) is 19.2 Å². The van der Waals surface area contributed by atoms with Crippen molar-refractivity contribution in [2.45, 2.75) is 411 Å². The van der Waals surface area contributed by atoms with Crippen molar-refractivity contribution >= 4 is 11.9 Å². The summed E-state index contributed by atoms with van der Waals surface area (Å²) >= 11 is 0. The van der Waals surface area contributed by atoms with Gasteiger partial charge in [0.2, 0.25) is 5.91 Å². The Morgan fingerprint density at radius 2 is 0.605 bits per heavy atom. The predicted molar refractivity (Wildman–Crippen MR) is 333 cm³/mol. The zero-order chi connectivity index (χ0) is 55.0. The molecule has 0 aromatic rings. The van der Waals surface area contributed by atoms with Crippen molar-refractivity contribution in [1.82, 2.24) is 5.32 Å². The van der Waals surface area contributed by atoms with E-state index >= 15 is 0 Å². The molecule has 0 aliphatic heterocycles. The highest BCUT2D eigenvalue weighted by Crippen LogP contribution is 2.19. The van der Waals surface area contributed by atoms with Crippen LogP contribution in [0.2, 0.25) is 0 Å². The Bertz CT molecular complexity index is 1140. The Morgan fingerprint density at radius 3 is 0.895 bits per heavy atom. The zero-order valence-corrected chi connectivity index (χ0v) is 51.8. The minimum Gasteiger partial charge on any atom is -0.466 e. The zero-order valence-electron chi connectivity index (χ0n) is 51.8. The number of hydrogen-bond acceptors (Lipinski definition) is 5. The van der Waals surface area contributed by atoms with Gasteiger partial charge in [-0.2, -0.15) is 0 Å². The average molecular weight is 1070 g/mol. The molecule has 0 rings (SSSR count). The summed E-state index contributed by atoms with van der Waals surface area (Å²) in [7, 11) is 0. The van der Waals surface area contributed by atoms with Gasteiger partial charge in [0, 0.05) is 12.8 Å². The van der Waals surface area contributed by atoms with E-state index in [4.69, 9.17) is 4.74 Å². The van der Waals surface area contributed by atoms with Gasteiger partial charge in [-0.05, 0) is 32.1 Å². The highest BCUT2D eigenvalue weighted by Gasteiger charge is 2.18. The molecule has 3 N–H and O–H groups in total. The molecule has 0 aromatic carbocycles. The number of carbonyl (C=O) groups excluding carboxylic acids is 2. The fourth-order valence-corrected chi connectivity index (χ4v) is 11.2. The third-order valence-electron chi connectivity index (χ3n) is 16.6. The molecule has 6 nitrogen and oxygen atoms in total. The van der Waals surface area contributed by atoms with Gasteiger partial charge in [-0.1, -0.05) is 366 Å². The molecule has 0 aromatic heterocycles. The fourth-order valence-electron chi connectivity index (χ4n) is 11.2. The molecule has 0 aliphatic rings. The van der Waals surface area contributed by atoms with Crippen molar-refractivity contribution in [1.29, 1.82) is 0 Å². The van der Waals surface area contributed by atoms with Crippen molar-refractivity contribution in [3.8, 4) is 0 Å². The Hall–Kier alpha value is -1.40. The van der Waals surface area contributed by atoms with Crippen LogP contribution in [0.4, 0.5) is 0 Å². The number of nitrogens with one attached hydrogen (secondary N) is 1. The molecule has 0 saturated carbocycles. The topological polar surface area (TPSA) is 95.9 Å². The van der Waals surface area contributed by atoms with E-state index in [1.165, 1.54) is 334 Å². The molecular formula is C70H137NO5. The van der Waals surface area contributed by atoms with E-state index in [1.807, 2.05) is 6.08 Å². The minimum atomic E-state index is -0.848. The molecule has 0 fully saturated rings. The van der Waals surface area contributed by atoms with E-state index in [9.17, 15) is 19.8 Å². The summed E-state index contributed by atoms with van der Waals surface area (Å²) in [6.07, 6.45) is 81.3. The first-order valence-electron chi connectivity index (χ1n) is 35.0. The molecule has 0 saturated heterocycles. The molecule has 2 atom stereocenters. The minimum absolute atomic E-state index is 0.0118. The highest BCUT2D eigenvalue weighted by molar-refractivity contribution is 5.76. The van der Waals surface area contributed by atoms with Gasteiger partial charge in [-0.15, -0.1) is 0 Å². The van der Waals surface area contributed by atoms with Crippen LogP contribution in [-0.2, 0) is 14.3 Å². The van der Waals surface area contributed by atoms with Crippen LogP contribution in [0.1, 0.15) is 399 Å². The van der Waals surface area contributed by atoms with Crippen LogP contribution < -0.4 is 5.32 Å². The van der Waals surface area contributed by atoms with Crippen LogP contribution in [0.5, 0.6) is 0 Å². The average Bonchev–Trinajstić information content (AvgIpc) is 3.42. The van der Waals surface area contributed by atoms with Gasteiger partial charge in [-0.3, -0.25) is 9.59 Å². The molecule has 0 spiro atoms. The highest BCUT2D eigenvalue weighted by atomic mass is 16.5. The van der Waals surface area contributed by atoms with Gasteiger partial charge >= 0.3 is 5.97 Å². The quantitative estimate of drug-likeness (QED) is 0.0320. The van der Waals surface area contributed by atoms with Crippen LogP contribution in [0, 0.1) is 0 Å². The van der Waals surface area contributed by atoms with Gasteiger partial charge in [0.25, 0.3) is 0 Å². The lowest BCUT2D eigenvalue weighted by molar-refractivity contribution is -0.143. The number of hydrogen-bond donors (Lipinski definition) is 3. The van der Waals surface area contributed by atoms with Crippen molar-refractivity contribution in [3.63, 3.8) is 0 Å². The van der Waals surface area contributed by atoms with Crippen molar-refractivity contribution in [2.75, 3.05) is 13.2 Å². The standard InChI is InChI=1S/C70H137NO5/c1-3-5-7-9-11-13-15-17-19-21-22-23-24-25-26-27-31-34-38-42-46-50-54-58-62-68(73)67(66-72)71-69(74)63-59-55-51-47-43-39-35-32-28-29-33-37-41-45-49-53-57-61-65-76-70(75)64-60-56-52-48-44-40-36-30-20-18-16-14-12-10-8-6-4-2/h58,62,67-68,72-73H,3-57,59-61,63-66H2,1-2H3,(H,71,74)/b62-58+. The number of allylic oxidation sites excluding steroid dienone is 1.